The van der Waals surface area contributed by atoms with Crippen molar-refractivity contribution < 1.29 is 9.53 Å². The van der Waals surface area contributed by atoms with Crippen LogP contribution in [0.25, 0.3) is 0 Å². The van der Waals surface area contributed by atoms with Crippen LogP contribution in [-0.2, 0) is 4.79 Å². The predicted octanol–water partition coefficient (Wildman–Crippen LogP) is 2.92. The molecule has 142 valence electrons. The van der Waals surface area contributed by atoms with Crippen molar-refractivity contribution in [1.82, 2.24) is 20.2 Å². The summed E-state index contributed by atoms with van der Waals surface area (Å²) in [5.74, 6) is 0.966. The molecule has 1 aliphatic rings. The minimum absolute atomic E-state index is 0.215. The smallest absolute Gasteiger partial charge is 0.255 e. The number of amides is 1. The fourth-order valence-corrected chi connectivity index (χ4v) is 3.33. The molecule has 1 amide bonds. The average Bonchev–Trinajstić information content (AvgIpc) is 3.16. The second-order valence-corrected chi connectivity index (χ2v) is 6.56. The fourth-order valence-electron chi connectivity index (χ4n) is 3.33. The summed E-state index contributed by atoms with van der Waals surface area (Å²) in [7, 11) is 1.61. The highest BCUT2D eigenvalue weighted by atomic mass is 16.5. The molecule has 0 radical (unpaired) electrons. The second kappa shape index (κ2) is 7.15. The Hall–Kier alpha value is -3.68. The minimum atomic E-state index is -0.481. The van der Waals surface area contributed by atoms with E-state index in [-0.39, 0.29) is 5.91 Å². The molecule has 0 spiro atoms. The maximum absolute atomic E-state index is 13.3. The lowest BCUT2D eigenvalue weighted by Gasteiger charge is -2.28. The molecular formula is C20H20N6O2. The highest BCUT2D eigenvalue weighted by molar-refractivity contribution is 6.06. The summed E-state index contributed by atoms with van der Waals surface area (Å²) in [6.07, 6.45) is 0. The highest BCUT2D eigenvalue weighted by Crippen LogP contribution is 2.36. The molecule has 0 saturated carbocycles. The lowest BCUT2D eigenvalue weighted by atomic mass is 9.94. The molecule has 1 aliphatic heterocycles. The van der Waals surface area contributed by atoms with Crippen LogP contribution in [0.4, 0.5) is 11.6 Å². The molecule has 1 atom stereocenters. The number of methoxy groups -OCH3 is 1. The van der Waals surface area contributed by atoms with Gasteiger partial charge in [0, 0.05) is 11.4 Å². The van der Waals surface area contributed by atoms with E-state index in [4.69, 9.17) is 4.74 Å². The van der Waals surface area contributed by atoms with Gasteiger partial charge in [-0.25, -0.2) is 0 Å². The van der Waals surface area contributed by atoms with Crippen LogP contribution in [0.1, 0.15) is 24.1 Å². The minimum Gasteiger partial charge on any atom is -0.497 e. The fraction of sp³-hybridized carbons (Fsp3) is 0.200. The average molecular weight is 376 g/mol. The summed E-state index contributed by atoms with van der Waals surface area (Å²) in [5.41, 5.74) is 3.83. The van der Waals surface area contributed by atoms with Crippen LogP contribution in [0.2, 0.25) is 0 Å². The van der Waals surface area contributed by atoms with E-state index in [2.05, 4.69) is 26.2 Å². The normalized spacial score (nSPS) is 15.6. The third kappa shape index (κ3) is 3.09. The van der Waals surface area contributed by atoms with Crippen LogP contribution in [-0.4, -0.2) is 33.2 Å². The Balaban J connectivity index is 1.78. The Morgan fingerprint density at radius 1 is 1.18 bits per heavy atom. The van der Waals surface area contributed by atoms with Gasteiger partial charge in [0.25, 0.3) is 5.91 Å². The summed E-state index contributed by atoms with van der Waals surface area (Å²) >= 11 is 0. The number of benzene rings is 2. The number of nitrogens with zero attached hydrogens (tertiary/aromatic N) is 4. The second-order valence-electron chi connectivity index (χ2n) is 6.56. The molecule has 4 rings (SSSR count). The van der Waals surface area contributed by atoms with Gasteiger partial charge in [0.05, 0.1) is 12.7 Å². The molecule has 8 nitrogen and oxygen atoms in total. The molecule has 2 aromatic carbocycles. The first kappa shape index (κ1) is 17.7. The van der Waals surface area contributed by atoms with Crippen LogP contribution >= 0.6 is 0 Å². The number of aromatic nitrogens is 4. The number of fused-ring (bicyclic) bond motifs is 1. The molecule has 3 aromatic rings. The topological polar surface area (TPSA) is 94.0 Å². The van der Waals surface area contributed by atoms with Gasteiger partial charge in [-0.05, 0) is 53.6 Å². The van der Waals surface area contributed by atoms with Gasteiger partial charge < -0.3 is 15.4 Å². The van der Waals surface area contributed by atoms with E-state index in [0.29, 0.717) is 23.0 Å². The highest BCUT2D eigenvalue weighted by Gasteiger charge is 2.34. The van der Waals surface area contributed by atoms with E-state index in [1.807, 2.05) is 62.4 Å². The number of anilines is 2. The van der Waals surface area contributed by atoms with E-state index in [9.17, 15) is 4.79 Å². The first-order valence-corrected chi connectivity index (χ1v) is 8.85. The predicted molar refractivity (Wildman–Crippen MR) is 105 cm³/mol. The molecule has 28 heavy (non-hydrogen) atoms. The third-order valence-electron chi connectivity index (χ3n) is 4.76. The van der Waals surface area contributed by atoms with Gasteiger partial charge in [-0.2, -0.15) is 4.68 Å². The van der Waals surface area contributed by atoms with Crippen LogP contribution in [0.3, 0.4) is 0 Å². The quantitative estimate of drug-likeness (QED) is 0.727. The Morgan fingerprint density at radius 2 is 2.00 bits per heavy atom. The number of aryl methyl sites for hydroxylation is 1. The molecule has 0 saturated heterocycles. The van der Waals surface area contributed by atoms with Crippen molar-refractivity contribution >= 4 is 17.5 Å². The molecular weight excluding hydrogens is 356 g/mol. The van der Waals surface area contributed by atoms with Crippen molar-refractivity contribution in [3.8, 4) is 5.75 Å². The van der Waals surface area contributed by atoms with E-state index in [1.54, 1.807) is 11.8 Å². The summed E-state index contributed by atoms with van der Waals surface area (Å²) in [5, 5.41) is 18.0. The molecule has 0 aliphatic carbocycles. The zero-order valence-electron chi connectivity index (χ0n) is 15.8. The van der Waals surface area contributed by atoms with Gasteiger partial charge in [-0.3, -0.25) is 4.79 Å². The van der Waals surface area contributed by atoms with E-state index in [0.717, 1.165) is 16.8 Å². The van der Waals surface area contributed by atoms with Crippen LogP contribution in [0.5, 0.6) is 5.75 Å². The lowest BCUT2D eigenvalue weighted by molar-refractivity contribution is -0.113. The number of ether oxygens (including phenoxy) is 1. The number of para-hydroxylation sites is 1. The van der Waals surface area contributed by atoms with Crippen molar-refractivity contribution in [2.24, 2.45) is 0 Å². The maximum Gasteiger partial charge on any atom is 0.255 e. The molecule has 0 bridgehead atoms. The van der Waals surface area contributed by atoms with Gasteiger partial charge in [-0.15, -0.1) is 0 Å². The summed E-state index contributed by atoms with van der Waals surface area (Å²) in [6.45, 7) is 3.80. The van der Waals surface area contributed by atoms with Crippen LogP contribution < -0.4 is 15.4 Å². The van der Waals surface area contributed by atoms with Crippen LogP contribution in [0.15, 0.2) is 59.8 Å². The number of rotatable bonds is 4. The number of tetrazole rings is 1. The first-order chi connectivity index (χ1) is 13.6. The molecule has 0 fully saturated rings. The molecule has 1 aromatic heterocycles. The summed E-state index contributed by atoms with van der Waals surface area (Å²) < 4.78 is 6.96. The largest absolute Gasteiger partial charge is 0.497 e. The van der Waals surface area contributed by atoms with E-state index in [1.165, 1.54) is 0 Å². The van der Waals surface area contributed by atoms with E-state index >= 15 is 0 Å². The molecule has 8 heteroatoms. The molecule has 1 unspecified atom stereocenters. The Kier molecular flexibility index (Phi) is 4.52. The zero-order valence-corrected chi connectivity index (χ0v) is 15.8. The van der Waals surface area contributed by atoms with Crippen molar-refractivity contribution in [2.75, 3.05) is 17.7 Å². The number of carbonyl (C=O) groups is 1. The van der Waals surface area contributed by atoms with Crippen molar-refractivity contribution in [2.45, 2.75) is 19.9 Å². The lowest BCUT2D eigenvalue weighted by Crippen LogP contribution is -2.31. The van der Waals surface area contributed by atoms with Gasteiger partial charge >= 0.3 is 0 Å². The number of allylic oxidation sites excluding steroid dienone is 1. The first-order valence-electron chi connectivity index (χ1n) is 8.85. The monoisotopic (exact) mass is 376 g/mol. The van der Waals surface area contributed by atoms with Gasteiger partial charge in [0.1, 0.15) is 11.8 Å². The standard InChI is InChI=1S/C20H20N6O2/c1-12-7-4-5-10-16(12)22-19(27)17-13(2)21-20-23-24-25-26(20)18(17)14-8-6-9-15(11-14)28-3/h4-11,18H,1-3H3,(H,22,27)(H,21,23,25). The van der Waals surface area contributed by atoms with Crippen LogP contribution in [0, 0.1) is 6.92 Å². The van der Waals surface area contributed by atoms with Crippen molar-refractivity contribution in [3.63, 3.8) is 0 Å². The van der Waals surface area contributed by atoms with Gasteiger partial charge in [0.15, 0.2) is 0 Å². The third-order valence-corrected chi connectivity index (χ3v) is 4.76. The van der Waals surface area contributed by atoms with Crippen molar-refractivity contribution in [1.29, 1.82) is 0 Å². The number of hydrogen-bond donors (Lipinski definition) is 2. The summed E-state index contributed by atoms with van der Waals surface area (Å²) in [4.78, 5) is 13.3. The van der Waals surface area contributed by atoms with E-state index < -0.39 is 6.04 Å². The van der Waals surface area contributed by atoms with Gasteiger partial charge in [0.2, 0.25) is 5.95 Å². The Labute approximate surface area is 162 Å². The zero-order chi connectivity index (χ0) is 19.7. The number of carbonyl (C=O) groups excluding carboxylic acids is 1. The Morgan fingerprint density at radius 3 is 2.79 bits per heavy atom. The molecule has 2 N–H and O–H groups in total. The molecule has 2 heterocycles. The summed E-state index contributed by atoms with van der Waals surface area (Å²) in [6, 6.07) is 14.7. The Bertz CT molecular complexity index is 1070. The van der Waals surface area contributed by atoms with Gasteiger partial charge in [-0.1, -0.05) is 35.4 Å². The maximum atomic E-state index is 13.3. The SMILES string of the molecule is COc1cccc(C2C(C(=O)Nc3ccccc3C)=C(C)Nc3nnnn32)c1. The van der Waals surface area contributed by atoms with Crippen molar-refractivity contribution in [3.05, 3.63) is 70.9 Å². The number of nitrogens with one attached hydrogen (secondary N) is 2. The number of hydrogen-bond acceptors (Lipinski definition) is 6.